The highest BCUT2D eigenvalue weighted by molar-refractivity contribution is 5.99. The van der Waals surface area contributed by atoms with Crippen molar-refractivity contribution in [3.63, 3.8) is 0 Å². The van der Waals surface area contributed by atoms with Gasteiger partial charge in [-0.3, -0.25) is 4.79 Å². The molecule has 3 heteroatoms. The van der Waals surface area contributed by atoms with Gasteiger partial charge in [-0.25, -0.2) is 0 Å². The van der Waals surface area contributed by atoms with E-state index in [0.717, 1.165) is 36.3 Å². The van der Waals surface area contributed by atoms with Crippen molar-refractivity contribution in [1.82, 2.24) is 4.90 Å². The SMILES string of the molecule is CCCCNc1cccc2c1CN(C)C2=O. The van der Waals surface area contributed by atoms with Crippen molar-refractivity contribution in [3.05, 3.63) is 29.3 Å². The first-order chi connectivity index (χ1) is 7.74. The Labute approximate surface area is 96.5 Å². The van der Waals surface area contributed by atoms with Gasteiger partial charge >= 0.3 is 0 Å². The standard InChI is InChI=1S/C13H18N2O/c1-3-4-8-14-12-7-5-6-10-11(12)9-15(2)13(10)16/h5-7,14H,3-4,8-9H2,1-2H3. The molecule has 0 unspecified atom stereocenters. The Bertz CT molecular complexity index is 401. The van der Waals surface area contributed by atoms with Crippen LogP contribution in [0.25, 0.3) is 0 Å². The van der Waals surface area contributed by atoms with Crippen molar-refractivity contribution in [3.8, 4) is 0 Å². The monoisotopic (exact) mass is 218 g/mol. The molecule has 3 nitrogen and oxygen atoms in total. The van der Waals surface area contributed by atoms with Gasteiger partial charge in [0.1, 0.15) is 0 Å². The molecule has 0 fully saturated rings. The number of carbonyl (C=O) groups excluding carboxylic acids is 1. The molecule has 0 bridgehead atoms. The van der Waals surface area contributed by atoms with E-state index in [2.05, 4.69) is 18.3 Å². The molecule has 0 saturated carbocycles. The van der Waals surface area contributed by atoms with Gasteiger partial charge < -0.3 is 10.2 Å². The Morgan fingerprint density at radius 2 is 2.25 bits per heavy atom. The van der Waals surface area contributed by atoms with E-state index in [4.69, 9.17) is 0 Å². The maximum absolute atomic E-state index is 11.8. The molecule has 0 atom stereocenters. The molecule has 1 aliphatic rings. The number of carbonyl (C=O) groups is 1. The molecule has 2 rings (SSSR count). The fourth-order valence-electron chi connectivity index (χ4n) is 2.04. The number of nitrogens with zero attached hydrogens (tertiary/aromatic N) is 1. The van der Waals surface area contributed by atoms with E-state index in [1.54, 1.807) is 4.90 Å². The second kappa shape index (κ2) is 4.56. The van der Waals surface area contributed by atoms with Crippen molar-refractivity contribution >= 4 is 11.6 Å². The minimum Gasteiger partial charge on any atom is -0.385 e. The summed E-state index contributed by atoms with van der Waals surface area (Å²) >= 11 is 0. The maximum atomic E-state index is 11.8. The number of amides is 1. The fraction of sp³-hybridized carbons (Fsp3) is 0.462. The van der Waals surface area contributed by atoms with Crippen molar-refractivity contribution < 1.29 is 4.79 Å². The van der Waals surface area contributed by atoms with Crippen LogP contribution in [0.4, 0.5) is 5.69 Å². The molecular weight excluding hydrogens is 200 g/mol. The number of anilines is 1. The van der Waals surface area contributed by atoms with Crippen molar-refractivity contribution in [2.75, 3.05) is 18.9 Å². The molecule has 0 aromatic heterocycles. The molecule has 0 spiro atoms. The van der Waals surface area contributed by atoms with E-state index < -0.39 is 0 Å². The zero-order chi connectivity index (χ0) is 11.5. The van der Waals surface area contributed by atoms with Gasteiger partial charge in [0, 0.05) is 37.0 Å². The molecule has 16 heavy (non-hydrogen) atoms. The Morgan fingerprint density at radius 3 is 3.00 bits per heavy atom. The van der Waals surface area contributed by atoms with E-state index in [1.165, 1.54) is 6.42 Å². The second-order valence-corrected chi connectivity index (χ2v) is 4.27. The first kappa shape index (κ1) is 11.0. The van der Waals surface area contributed by atoms with E-state index in [-0.39, 0.29) is 5.91 Å². The van der Waals surface area contributed by atoms with Crippen LogP contribution in [0.1, 0.15) is 35.7 Å². The van der Waals surface area contributed by atoms with Crippen LogP contribution in [0, 0.1) is 0 Å². The van der Waals surface area contributed by atoms with Gasteiger partial charge in [0.15, 0.2) is 0 Å². The summed E-state index contributed by atoms with van der Waals surface area (Å²) < 4.78 is 0. The summed E-state index contributed by atoms with van der Waals surface area (Å²) in [5.41, 5.74) is 3.11. The van der Waals surface area contributed by atoms with Gasteiger partial charge in [0.2, 0.25) is 0 Å². The predicted octanol–water partition coefficient (Wildman–Crippen LogP) is 2.48. The van der Waals surface area contributed by atoms with Crippen LogP contribution in [0.2, 0.25) is 0 Å². The zero-order valence-electron chi connectivity index (χ0n) is 9.92. The topological polar surface area (TPSA) is 32.3 Å². The summed E-state index contributed by atoms with van der Waals surface area (Å²) in [6, 6.07) is 5.91. The van der Waals surface area contributed by atoms with E-state index >= 15 is 0 Å². The van der Waals surface area contributed by atoms with Gasteiger partial charge in [0.05, 0.1) is 0 Å². The first-order valence-electron chi connectivity index (χ1n) is 5.85. The summed E-state index contributed by atoms with van der Waals surface area (Å²) in [5, 5.41) is 3.41. The minimum atomic E-state index is 0.133. The van der Waals surface area contributed by atoms with Gasteiger partial charge in [0.25, 0.3) is 5.91 Å². The highest BCUT2D eigenvalue weighted by Gasteiger charge is 2.25. The van der Waals surface area contributed by atoms with Crippen molar-refractivity contribution in [2.45, 2.75) is 26.3 Å². The fourth-order valence-corrected chi connectivity index (χ4v) is 2.04. The van der Waals surface area contributed by atoms with Crippen LogP contribution in [-0.4, -0.2) is 24.4 Å². The third-order valence-electron chi connectivity index (χ3n) is 2.99. The third kappa shape index (κ3) is 1.90. The largest absolute Gasteiger partial charge is 0.385 e. The summed E-state index contributed by atoms with van der Waals surface area (Å²) in [6.45, 7) is 3.88. The van der Waals surface area contributed by atoms with Crippen LogP contribution < -0.4 is 5.32 Å². The Hall–Kier alpha value is -1.51. The minimum absolute atomic E-state index is 0.133. The molecule has 0 saturated heterocycles. The molecule has 0 aliphatic carbocycles. The summed E-state index contributed by atoms with van der Waals surface area (Å²) in [7, 11) is 1.85. The van der Waals surface area contributed by atoms with E-state index in [9.17, 15) is 4.79 Å². The molecular formula is C13H18N2O. The molecule has 1 aromatic carbocycles. The molecule has 1 aliphatic heterocycles. The molecule has 86 valence electrons. The third-order valence-corrected chi connectivity index (χ3v) is 2.99. The number of benzene rings is 1. The Balaban J connectivity index is 2.19. The summed E-state index contributed by atoms with van der Waals surface area (Å²) in [6.07, 6.45) is 2.34. The highest BCUT2D eigenvalue weighted by Crippen LogP contribution is 2.28. The van der Waals surface area contributed by atoms with Crippen molar-refractivity contribution in [1.29, 1.82) is 0 Å². The average molecular weight is 218 g/mol. The lowest BCUT2D eigenvalue weighted by molar-refractivity contribution is 0.0816. The zero-order valence-corrected chi connectivity index (χ0v) is 9.92. The van der Waals surface area contributed by atoms with Crippen LogP contribution >= 0.6 is 0 Å². The summed E-state index contributed by atoms with van der Waals surface area (Å²) in [5.74, 6) is 0.133. The Kier molecular flexibility index (Phi) is 3.13. The average Bonchev–Trinajstić information content (AvgIpc) is 2.57. The Morgan fingerprint density at radius 1 is 1.44 bits per heavy atom. The number of nitrogens with one attached hydrogen (secondary N) is 1. The second-order valence-electron chi connectivity index (χ2n) is 4.27. The number of fused-ring (bicyclic) bond motifs is 1. The smallest absolute Gasteiger partial charge is 0.254 e. The van der Waals surface area contributed by atoms with E-state index in [1.807, 2.05) is 19.2 Å². The lowest BCUT2D eigenvalue weighted by atomic mass is 10.1. The number of hydrogen-bond acceptors (Lipinski definition) is 2. The van der Waals surface area contributed by atoms with Gasteiger partial charge in [-0.05, 0) is 18.6 Å². The molecule has 0 radical (unpaired) electrons. The van der Waals surface area contributed by atoms with E-state index in [0.29, 0.717) is 0 Å². The number of hydrogen-bond donors (Lipinski definition) is 1. The molecule has 1 heterocycles. The van der Waals surface area contributed by atoms with Gasteiger partial charge in [-0.2, -0.15) is 0 Å². The highest BCUT2D eigenvalue weighted by atomic mass is 16.2. The van der Waals surface area contributed by atoms with Crippen LogP contribution in [0.3, 0.4) is 0 Å². The molecule has 1 aromatic rings. The number of rotatable bonds is 4. The van der Waals surface area contributed by atoms with Crippen LogP contribution in [-0.2, 0) is 6.54 Å². The summed E-state index contributed by atoms with van der Waals surface area (Å²) in [4.78, 5) is 13.5. The lowest BCUT2D eigenvalue weighted by Crippen LogP contribution is -2.17. The number of unbranched alkanes of at least 4 members (excludes halogenated alkanes) is 1. The normalized spacial score (nSPS) is 14.1. The first-order valence-corrected chi connectivity index (χ1v) is 5.85. The quantitative estimate of drug-likeness (QED) is 0.787. The van der Waals surface area contributed by atoms with Crippen molar-refractivity contribution in [2.24, 2.45) is 0 Å². The van der Waals surface area contributed by atoms with Gasteiger partial charge in [-0.15, -0.1) is 0 Å². The lowest BCUT2D eigenvalue weighted by Gasteiger charge is -2.10. The maximum Gasteiger partial charge on any atom is 0.254 e. The van der Waals surface area contributed by atoms with Crippen LogP contribution in [0.5, 0.6) is 0 Å². The molecule has 1 amide bonds. The predicted molar refractivity (Wildman–Crippen MR) is 65.6 cm³/mol. The van der Waals surface area contributed by atoms with Crippen LogP contribution in [0.15, 0.2) is 18.2 Å². The van der Waals surface area contributed by atoms with Gasteiger partial charge in [-0.1, -0.05) is 19.4 Å². The molecule has 1 N–H and O–H groups in total.